The third-order valence-electron chi connectivity index (χ3n) is 5.40. The van der Waals surface area contributed by atoms with Crippen LogP contribution in [0.3, 0.4) is 0 Å². The summed E-state index contributed by atoms with van der Waals surface area (Å²) in [5, 5.41) is 3.73. The van der Waals surface area contributed by atoms with E-state index in [-0.39, 0.29) is 11.6 Å². The van der Waals surface area contributed by atoms with E-state index in [0.29, 0.717) is 39.9 Å². The molecule has 3 aromatic rings. The van der Waals surface area contributed by atoms with Gasteiger partial charge >= 0.3 is 0 Å². The Bertz CT molecular complexity index is 1250. The second-order valence-corrected chi connectivity index (χ2v) is 8.40. The summed E-state index contributed by atoms with van der Waals surface area (Å²) in [5.41, 5.74) is 4.20. The van der Waals surface area contributed by atoms with Gasteiger partial charge in [0.15, 0.2) is 0 Å². The highest BCUT2D eigenvalue weighted by Gasteiger charge is 2.40. The number of nitrogens with one attached hydrogen (secondary N) is 1. The highest BCUT2D eigenvalue weighted by Crippen LogP contribution is 2.35. The number of carbonyl (C=O) groups is 2. The van der Waals surface area contributed by atoms with Crippen molar-refractivity contribution >= 4 is 40.4 Å². The first-order valence-corrected chi connectivity index (χ1v) is 11.2. The number of aryl methyl sites for hydroxylation is 2. The zero-order valence-corrected chi connectivity index (χ0v) is 19.6. The maximum atomic E-state index is 13.6. The van der Waals surface area contributed by atoms with Gasteiger partial charge in [0.05, 0.1) is 17.9 Å². The minimum absolute atomic E-state index is 0.212. The van der Waals surface area contributed by atoms with Crippen molar-refractivity contribution in [3.8, 4) is 5.75 Å². The van der Waals surface area contributed by atoms with Crippen molar-refractivity contribution in [2.75, 3.05) is 16.8 Å². The molecule has 1 heterocycles. The van der Waals surface area contributed by atoms with Crippen LogP contribution in [0, 0.1) is 13.8 Å². The molecule has 6 heteroatoms. The standard InChI is InChI=1S/C27H25ClN2O3/c1-4-14-33-22-12-9-19(10-13-22)24-25(29-20-11-8-18(3)23(28)16-20)27(32)30(26(24)31)21-7-5-6-17(2)15-21/h5-13,15-16,29H,4,14H2,1-3H3. The minimum Gasteiger partial charge on any atom is -0.494 e. The van der Waals surface area contributed by atoms with Gasteiger partial charge in [0.25, 0.3) is 11.8 Å². The van der Waals surface area contributed by atoms with Gasteiger partial charge in [0.1, 0.15) is 11.4 Å². The van der Waals surface area contributed by atoms with Gasteiger partial charge in [-0.05, 0) is 73.4 Å². The predicted molar refractivity (Wildman–Crippen MR) is 133 cm³/mol. The van der Waals surface area contributed by atoms with Crippen molar-refractivity contribution in [3.63, 3.8) is 0 Å². The average Bonchev–Trinajstić information content (AvgIpc) is 3.04. The van der Waals surface area contributed by atoms with Crippen LogP contribution in [0.5, 0.6) is 5.75 Å². The van der Waals surface area contributed by atoms with Crippen molar-refractivity contribution in [2.45, 2.75) is 27.2 Å². The van der Waals surface area contributed by atoms with Gasteiger partial charge in [-0.15, -0.1) is 0 Å². The van der Waals surface area contributed by atoms with Crippen LogP contribution in [-0.4, -0.2) is 18.4 Å². The summed E-state index contributed by atoms with van der Waals surface area (Å²) in [6.45, 7) is 6.48. The number of nitrogens with zero attached hydrogens (tertiary/aromatic N) is 1. The van der Waals surface area contributed by atoms with E-state index in [1.165, 1.54) is 4.90 Å². The summed E-state index contributed by atoms with van der Waals surface area (Å²) >= 11 is 6.29. The molecule has 4 rings (SSSR count). The van der Waals surface area contributed by atoms with E-state index >= 15 is 0 Å². The van der Waals surface area contributed by atoms with Crippen molar-refractivity contribution < 1.29 is 14.3 Å². The molecule has 5 nitrogen and oxygen atoms in total. The van der Waals surface area contributed by atoms with Crippen LogP contribution in [0.25, 0.3) is 5.57 Å². The summed E-state index contributed by atoms with van der Waals surface area (Å²) < 4.78 is 5.66. The van der Waals surface area contributed by atoms with E-state index in [2.05, 4.69) is 5.32 Å². The maximum Gasteiger partial charge on any atom is 0.282 e. The molecule has 0 radical (unpaired) electrons. The largest absolute Gasteiger partial charge is 0.494 e. The van der Waals surface area contributed by atoms with E-state index in [1.807, 2.05) is 63.2 Å². The Morgan fingerprint density at radius 2 is 1.70 bits per heavy atom. The average molecular weight is 461 g/mol. The SMILES string of the molecule is CCCOc1ccc(C2=C(Nc3ccc(C)c(Cl)c3)C(=O)N(c3cccc(C)c3)C2=O)cc1. The molecule has 3 aromatic carbocycles. The van der Waals surface area contributed by atoms with Crippen LogP contribution in [0.4, 0.5) is 11.4 Å². The first-order chi connectivity index (χ1) is 15.9. The Labute approximate surface area is 198 Å². The summed E-state index contributed by atoms with van der Waals surface area (Å²) in [7, 11) is 0. The molecule has 0 spiro atoms. The number of hydrogen-bond acceptors (Lipinski definition) is 4. The highest BCUT2D eigenvalue weighted by atomic mass is 35.5. The van der Waals surface area contributed by atoms with Gasteiger partial charge in [0.2, 0.25) is 0 Å². The topological polar surface area (TPSA) is 58.6 Å². The van der Waals surface area contributed by atoms with Crippen LogP contribution in [0.1, 0.15) is 30.0 Å². The lowest BCUT2D eigenvalue weighted by Crippen LogP contribution is -2.32. The molecule has 1 N–H and O–H groups in total. The molecule has 168 valence electrons. The van der Waals surface area contributed by atoms with Crippen LogP contribution in [0.15, 0.2) is 72.4 Å². The third kappa shape index (κ3) is 4.64. The lowest BCUT2D eigenvalue weighted by molar-refractivity contribution is -0.120. The molecule has 0 atom stereocenters. The predicted octanol–water partition coefficient (Wildman–Crippen LogP) is 6.14. The molecule has 33 heavy (non-hydrogen) atoms. The third-order valence-corrected chi connectivity index (χ3v) is 5.81. The molecule has 1 aliphatic heterocycles. The van der Waals surface area contributed by atoms with Gasteiger partial charge in [0, 0.05) is 10.7 Å². The van der Waals surface area contributed by atoms with Crippen molar-refractivity contribution in [1.29, 1.82) is 0 Å². The molecule has 0 aliphatic carbocycles. The Balaban J connectivity index is 1.77. The molecule has 0 fully saturated rings. The Morgan fingerprint density at radius 3 is 2.36 bits per heavy atom. The lowest BCUT2D eigenvalue weighted by atomic mass is 10.0. The van der Waals surface area contributed by atoms with Gasteiger partial charge in [-0.25, -0.2) is 4.90 Å². The van der Waals surface area contributed by atoms with E-state index in [0.717, 1.165) is 17.5 Å². The Kier molecular flexibility index (Phi) is 6.52. The monoisotopic (exact) mass is 460 g/mol. The number of anilines is 2. The van der Waals surface area contributed by atoms with Crippen LogP contribution in [0.2, 0.25) is 5.02 Å². The summed E-state index contributed by atoms with van der Waals surface area (Å²) in [4.78, 5) is 28.3. The van der Waals surface area contributed by atoms with Crippen molar-refractivity contribution in [3.05, 3.63) is 94.1 Å². The quantitative estimate of drug-likeness (QED) is 0.430. The number of benzene rings is 3. The Morgan fingerprint density at radius 1 is 0.939 bits per heavy atom. The normalized spacial score (nSPS) is 13.6. The van der Waals surface area contributed by atoms with Gasteiger partial charge in [-0.1, -0.05) is 48.9 Å². The molecule has 2 amide bonds. The molecule has 0 saturated carbocycles. The second-order valence-electron chi connectivity index (χ2n) is 8.00. The maximum absolute atomic E-state index is 13.6. The fourth-order valence-corrected chi connectivity index (χ4v) is 3.85. The van der Waals surface area contributed by atoms with Crippen LogP contribution < -0.4 is 15.0 Å². The number of imide groups is 1. The van der Waals surface area contributed by atoms with Crippen molar-refractivity contribution in [1.82, 2.24) is 0 Å². The van der Waals surface area contributed by atoms with Gasteiger partial charge < -0.3 is 10.1 Å². The first-order valence-electron chi connectivity index (χ1n) is 10.8. The van der Waals surface area contributed by atoms with Crippen LogP contribution in [-0.2, 0) is 9.59 Å². The summed E-state index contributed by atoms with van der Waals surface area (Å²) in [6, 6.07) is 20.0. The molecule has 0 bridgehead atoms. The second kappa shape index (κ2) is 9.51. The minimum atomic E-state index is -0.413. The summed E-state index contributed by atoms with van der Waals surface area (Å²) in [6.07, 6.45) is 0.901. The fourth-order valence-electron chi connectivity index (χ4n) is 3.67. The number of ether oxygens (including phenoxy) is 1. The number of carbonyl (C=O) groups excluding carboxylic acids is 2. The lowest BCUT2D eigenvalue weighted by Gasteiger charge is -2.16. The zero-order chi connectivity index (χ0) is 23.5. The van der Waals surface area contributed by atoms with E-state index < -0.39 is 5.91 Å². The zero-order valence-electron chi connectivity index (χ0n) is 18.8. The Hall–Kier alpha value is -3.57. The van der Waals surface area contributed by atoms with Crippen molar-refractivity contribution in [2.24, 2.45) is 0 Å². The number of halogens is 1. The number of hydrogen-bond donors (Lipinski definition) is 1. The molecule has 1 aliphatic rings. The van der Waals surface area contributed by atoms with Gasteiger partial charge in [-0.2, -0.15) is 0 Å². The van der Waals surface area contributed by atoms with Gasteiger partial charge in [-0.3, -0.25) is 9.59 Å². The smallest absolute Gasteiger partial charge is 0.282 e. The van der Waals surface area contributed by atoms with Crippen LogP contribution >= 0.6 is 11.6 Å². The molecule has 0 saturated heterocycles. The summed E-state index contributed by atoms with van der Waals surface area (Å²) in [5.74, 6) is -0.0783. The fraction of sp³-hybridized carbons (Fsp3) is 0.185. The molecular weight excluding hydrogens is 436 g/mol. The van der Waals surface area contributed by atoms with E-state index in [4.69, 9.17) is 16.3 Å². The first kappa shape index (κ1) is 22.6. The van der Waals surface area contributed by atoms with E-state index in [9.17, 15) is 9.59 Å². The molecule has 0 unspecified atom stereocenters. The number of rotatable bonds is 7. The van der Waals surface area contributed by atoms with E-state index in [1.54, 1.807) is 24.3 Å². The highest BCUT2D eigenvalue weighted by molar-refractivity contribution is 6.46. The molecule has 0 aromatic heterocycles. The molecular formula is C27H25ClN2O3. The number of amides is 2.